The molecule has 0 heterocycles. The van der Waals surface area contributed by atoms with Gasteiger partial charge >= 0.3 is 0 Å². The summed E-state index contributed by atoms with van der Waals surface area (Å²) in [6.45, 7) is 0. The first-order valence-electron chi connectivity index (χ1n) is 7.58. The predicted molar refractivity (Wildman–Crippen MR) is 107 cm³/mol. The molecule has 0 unspecified atom stereocenters. The van der Waals surface area contributed by atoms with Gasteiger partial charge in [-0.05, 0) is 57.0 Å². The van der Waals surface area contributed by atoms with Crippen LogP contribution >= 0.6 is 27.5 Å². The number of phenols is 1. The van der Waals surface area contributed by atoms with E-state index in [2.05, 4.69) is 21.2 Å². The monoisotopic (exact) mass is 426 g/mol. The van der Waals surface area contributed by atoms with Crippen LogP contribution in [0.1, 0.15) is 5.56 Å². The number of benzene rings is 3. The Morgan fingerprint density at radius 2 is 1.88 bits per heavy atom. The molecule has 0 aliphatic heterocycles. The van der Waals surface area contributed by atoms with Crippen molar-refractivity contribution in [2.75, 3.05) is 5.32 Å². The molecule has 0 fully saturated rings. The molecule has 2 N–H and O–H groups in total. The minimum Gasteiger partial charge on any atom is -0.506 e. The van der Waals surface area contributed by atoms with Crippen LogP contribution in [0, 0.1) is 11.3 Å². The highest BCUT2D eigenvalue weighted by Crippen LogP contribution is 2.33. The summed E-state index contributed by atoms with van der Waals surface area (Å²) in [6, 6.07) is 18.1. The quantitative estimate of drug-likeness (QED) is 0.428. The number of fused-ring (bicyclic) bond motifs is 1. The Balaban J connectivity index is 1.90. The van der Waals surface area contributed by atoms with Gasteiger partial charge in [-0.3, -0.25) is 4.79 Å². The van der Waals surface area contributed by atoms with Crippen LogP contribution in [0.5, 0.6) is 5.75 Å². The molecule has 0 spiro atoms. The summed E-state index contributed by atoms with van der Waals surface area (Å²) >= 11 is 9.14. The van der Waals surface area contributed by atoms with Crippen molar-refractivity contribution in [1.29, 1.82) is 5.26 Å². The molecule has 0 aliphatic carbocycles. The Morgan fingerprint density at radius 3 is 2.62 bits per heavy atom. The Bertz CT molecular complexity index is 1090. The minimum atomic E-state index is -0.571. The first-order valence-corrected chi connectivity index (χ1v) is 8.75. The van der Waals surface area contributed by atoms with Gasteiger partial charge < -0.3 is 10.4 Å². The van der Waals surface area contributed by atoms with E-state index in [4.69, 9.17) is 11.6 Å². The summed E-state index contributed by atoms with van der Waals surface area (Å²) in [7, 11) is 0. The molecular formula is C20H12BrClN2O2. The lowest BCUT2D eigenvalue weighted by molar-refractivity contribution is -0.112. The fourth-order valence-corrected chi connectivity index (χ4v) is 3.30. The predicted octanol–water partition coefficient (Wildman–Crippen LogP) is 5.51. The van der Waals surface area contributed by atoms with Gasteiger partial charge in [0.1, 0.15) is 17.4 Å². The van der Waals surface area contributed by atoms with Crippen molar-refractivity contribution in [1.82, 2.24) is 0 Å². The third kappa shape index (κ3) is 3.88. The van der Waals surface area contributed by atoms with Gasteiger partial charge in [-0.2, -0.15) is 5.26 Å². The fraction of sp³-hybridized carbons (Fsp3) is 0. The zero-order chi connectivity index (χ0) is 18.7. The second-order valence-electron chi connectivity index (χ2n) is 5.51. The average molecular weight is 428 g/mol. The average Bonchev–Trinajstić information content (AvgIpc) is 2.63. The summed E-state index contributed by atoms with van der Waals surface area (Å²) in [5.74, 6) is -0.668. The molecule has 26 heavy (non-hydrogen) atoms. The Kier molecular flexibility index (Phi) is 5.27. The van der Waals surface area contributed by atoms with Gasteiger partial charge in [0.05, 0.1) is 4.47 Å². The van der Waals surface area contributed by atoms with Gasteiger partial charge in [0, 0.05) is 16.3 Å². The highest BCUT2D eigenvalue weighted by atomic mass is 79.9. The lowest BCUT2D eigenvalue weighted by atomic mass is 10.1. The molecule has 0 aliphatic rings. The lowest BCUT2D eigenvalue weighted by Crippen LogP contribution is -2.13. The van der Waals surface area contributed by atoms with Crippen molar-refractivity contribution < 1.29 is 9.90 Å². The maximum Gasteiger partial charge on any atom is 0.266 e. The summed E-state index contributed by atoms with van der Waals surface area (Å²) in [5.41, 5.74) is 0.698. The first kappa shape index (κ1) is 18.0. The number of nitrogens with zero attached hydrogens (tertiary/aromatic N) is 1. The van der Waals surface area contributed by atoms with Gasteiger partial charge in [0.15, 0.2) is 0 Å². The van der Waals surface area contributed by atoms with E-state index in [9.17, 15) is 15.2 Å². The molecule has 0 radical (unpaired) electrons. The molecule has 0 bridgehead atoms. The van der Waals surface area contributed by atoms with Gasteiger partial charge in [-0.25, -0.2) is 0 Å². The minimum absolute atomic E-state index is 0.0966. The number of hydrogen-bond acceptors (Lipinski definition) is 3. The van der Waals surface area contributed by atoms with Gasteiger partial charge in [0.2, 0.25) is 0 Å². The first-order chi connectivity index (χ1) is 12.5. The summed E-state index contributed by atoms with van der Waals surface area (Å²) in [6.07, 6.45) is 1.29. The Labute approximate surface area is 163 Å². The van der Waals surface area contributed by atoms with E-state index in [0.29, 0.717) is 15.2 Å². The second kappa shape index (κ2) is 7.61. The van der Waals surface area contributed by atoms with E-state index >= 15 is 0 Å². The van der Waals surface area contributed by atoms with Crippen LogP contribution in [0.3, 0.4) is 0 Å². The SMILES string of the molecule is N#CC(=Cc1cc(Cl)cc(Br)c1O)C(=O)Nc1ccc2ccccc2c1. The number of hydrogen-bond donors (Lipinski definition) is 2. The number of carbonyl (C=O) groups excluding carboxylic acids is 1. The van der Waals surface area contributed by atoms with Crippen LogP contribution in [0.4, 0.5) is 5.69 Å². The van der Waals surface area contributed by atoms with Gasteiger partial charge in [0.25, 0.3) is 5.91 Å². The van der Waals surface area contributed by atoms with Gasteiger partial charge in [-0.1, -0.05) is 41.9 Å². The third-order valence-electron chi connectivity index (χ3n) is 3.73. The molecule has 3 aromatic carbocycles. The van der Waals surface area contributed by atoms with Gasteiger partial charge in [-0.15, -0.1) is 0 Å². The fourth-order valence-electron chi connectivity index (χ4n) is 2.47. The highest BCUT2D eigenvalue weighted by molar-refractivity contribution is 9.10. The summed E-state index contributed by atoms with van der Waals surface area (Å²) in [5, 5.41) is 24.5. The van der Waals surface area contributed by atoms with Crippen molar-refractivity contribution in [3.63, 3.8) is 0 Å². The number of phenolic OH excluding ortho intramolecular Hbond substituents is 1. The largest absolute Gasteiger partial charge is 0.506 e. The molecular weight excluding hydrogens is 416 g/mol. The van der Waals surface area contributed by atoms with Crippen LogP contribution < -0.4 is 5.32 Å². The highest BCUT2D eigenvalue weighted by Gasteiger charge is 2.13. The van der Waals surface area contributed by atoms with E-state index in [1.807, 2.05) is 42.5 Å². The van der Waals surface area contributed by atoms with E-state index in [0.717, 1.165) is 10.8 Å². The van der Waals surface area contributed by atoms with E-state index in [1.54, 1.807) is 6.07 Å². The van der Waals surface area contributed by atoms with Crippen molar-refractivity contribution in [2.24, 2.45) is 0 Å². The molecule has 3 aromatic rings. The Hall–Kier alpha value is -2.81. The molecule has 128 valence electrons. The second-order valence-corrected chi connectivity index (χ2v) is 6.80. The molecule has 0 aromatic heterocycles. The number of anilines is 1. The molecule has 0 saturated heterocycles. The normalized spacial score (nSPS) is 11.2. The molecule has 1 amide bonds. The third-order valence-corrected chi connectivity index (χ3v) is 4.55. The van der Waals surface area contributed by atoms with Crippen molar-refractivity contribution in [3.05, 3.63) is 75.2 Å². The number of amides is 1. The molecule has 6 heteroatoms. The van der Waals surface area contributed by atoms with Crippen LogP contribution in [-0.2, 0) is 4.79 Å². The standard InChI is InChI=1S/C20H12BrClN2O2/c21-18-10-16(22)8-14(19(18)25)7-15(11-23)20(26)24-17-6-5-12-3-1-2-4-13(12)9-17/h1-10,25H,(H,24,26). The maximum absolute atomic E-state index is 12.4. The van der Waals surface area contributed by atoms with Crippen molar-refractivity contribution in [3.8, 4) is 11.8 Å². The number of aromatic hydroxyl groups is 1. The molecule has 3 rings (SSSR count). The van der Waals surface area contributed by atoms with E-state index in [1.165, 1.54) is 18.2 Å². The number of nitriles is 1. The lowest BCUT2D eigenvalue weighted by Gasteiger charge is -2.07. The van der Waals surface area contributed by atoms with Crippen LogP contribution in [-0.4, -0.2) is 11.0 Å². The zero-order valence-electron chi connectivity index (χ0n) is 13.3. The van der Waals surface area contributed by atoms with E-state index in [-0.39, 0.29) is 16.9 Å². The number of halogens is 2. The molecule has 4 nitrogen and oxygen atoms in total. The zero-order valence-corrected chi connectivity index (χ0v) is 15.7. The van der Waals surface area contributed by atoms with Crippen LogP contribution in [0.2, 0.25) is 5.02 Å². The Morgan fingerprint density at radius 1 is 1.15 bits per heavy atom. The summed E-state index contributed by atoms with van der Waals surface area (Å²) in [4.78, 5) is 12.4. The van der Waals surface area contributed by atoms with E-state index < -0.39 is 5.91 Å². The molecule has 0 atom stereocenters. The number of carbonyl (C=O) groups is 1. The maximum atomic E-state index is 12.4. The smallest absolute Gasteiger partial charge is 0.266 e. The van der Waals surface area contributed by atoms with Crippen molar-refractivity contribution >= 4 is 56.0 Å². The number of rotatable bonds is 3. The number of nitrogens with one attached hydrogen (secondary N) is 1. The van der Waals surface area contributed by atoms with Crippen LogP contribution in [0.15, 0.2) is 64.6 Å². The topological polar surface area (TPSA) is 73.1 Å². The van der Waals surface area contributed by atoms with Crippen molar-refractivity contribution in [2.45, 2.75) is 0 Å². The summed E-state index contributed by atoms with van der Waals surface area (Å²) < 4.78 is 0.378. The molecule has 0 saturated carbocycles. The van der Waals surface area contributed by atoms with Crippen LogP contribution in [0.25, 0.3) is 16.8 Å².